The van der Waals surface area contributed by atoms with Gasteiger partial charge in [-0.15, -0.1) is 0 Å². The Balaban J connectivity index is 2.49. The second-order valence-electron chi connectivity index (χ2n) is 5.39. The highest BCUT2D eigenvalue weighted by molar-refractivity contribution is 7.99. The van der Waals surface area contributed by atoms with Crippen LogP contribution < -0.4 is 0 Å². The van der Waals surface area contributed by atoms with Gasteiger partial charge in [-0.05, 0) is 24.5 Å². The van der Waals surface area contributed by atoms with E-state index in [9.17, 15) is 13.9 Å². The molecule has 1 N–H and O–H groups in total. The zero-order chi connectivity index (χ0) is 16.3. The fourth-order valence-corrected chi connectivity index (χ4v) is 3.52. The van der Waals surface area contributed by atoms with E-state index < -0.39 is 11.6 Å². The average Bonchev–Trinajstić information content (AvgIpc) is 2.76. The molecule has 0 atom stereocenters. The molecule has 1 aromatic carbocycles. The first-order valence-corrected chi connectivity index (χ1v) is 8.12. The number of hydrogen-bond donors (Lipinski definition) is 1. The van der Waals surface area contributed by atoms with Crippen molar-refractivity contribution in [3.8, 4) is 0 Å². The highest BCUT2D eigenvalue weighted by atomic mass is 32.2. The SMILES string of the molecule is CCCn1c(CO)nc(C(C)C)c1Sc1cc(F)cc(F)c1. The quantitative estimate of drug-likeness (QED) is 0.858. The summed E-state index contributed by atoms with van der Waals surface area (Å²) in [5, 5.41) is 10.3. The van der Waals surface area contributed by atoms with Gasteiger partial charge in [-0.25, -0.2) is 13.8 Å². The molecule has 0 bridgehead atoms. The van der Waals surface area contributed by atoms with Crippen LogP contribution in [0.25, 0.3) is 0 Å². The van der Waals surface area contributed by atoms with Crippen molar-refractivity contribution in [1.29, 1.82) is 0 Å². The average molecular weight is 326 g/mol. The highest BCUT2D eigenvalue weighted by Crippen LogP contribution is 2.35. The van der Waals surface area contributed by atoms with Gasteiger partial charge in [-0.3, -0.25) is 0 Å². The van der Waals surface area contributed by atoms with Crippen molar-refractivity contribution in [2.24, 2.45) is 0 Å². The van der Waals surface area contributed by atoms with Crippen molar-refractivity contribution in [2.75, 3.05) is 0 Å². The maximum atomic E-state index is 13.4. The second kappa shape index (κ2) is 7.24. The predicted molar refractivity (Wildman–Crippen MR) is 83.0 cm³/mol. The molecular weight excluding hydrogens is 306 g/mol. The van der Waals surface area contributed by atoms with Crippen molar-refractivity contribution in [3.05, 3.63) is 41.4 Å². The van der Waals surface area contributed by atoms with Gasteiger partial charge in [0.1, 0.15) is 29.1 Å². The summed E-state index contributed by atoms with van der Waals surface area (Å²) in [6.45, 7) is 6.60. The Labute approximate surface area is 133 Å². The van der Waals surface area contributed by atoms with Crippen LogP contribution in [0.15, 0.2) is 28.1 Å². The Morgan fingerprint density at radius 1 is 1.23 bits per heavy atom. The van der Waals surface area contributed by atoms with Crippen molar-refractivity contribution in [1.82, 2.24) is 9.55 Å². The zero-order valence-electron chi connectivity index (χ0n) is 12.9. The Morgan fingerprint density at radius 3 is 2.36 bits per heavy atom. The van der Waals surface area contributed by atoms with Crippen LogP contribution in [0.1, 0.15) is 44.6 Å². The number of aliphatic hydroxyl groups excluding tert-OH is 1. The van der Waals surface area contributed by atoms with Gasteiger partial charge < -0.3 is 9.67 Å². The number of aromatic nitrogens is 2. The number of imidazole rings is 1. The number of hydrogen-bond acceptors (Lipinski definition) is 3. The summed E-state index contributed by atoms with van der Waals surface area (Å²) < 4.78 is 28.7. The molecule has 0 saturated carbocycles. The normalized spacial score (nSPS) is 11.4. The number of nitrogens with zero attached hydrogens (tertiary/aromatic N) is 2. The minimum Gasteiger partial charge on any atom is -0.388 e. The van der Waals surface area contributed by atoms with Crippen LogP contribution in [0, 0.1) is 11.6 Å². The van der Waals surface area contributed by atoms with E-state index in [2.05, 4.69) is 4.98 Å². The first-order chi connectivity index (χ1) is 10.5. The molecule has 0 radical (unpaired) electrons. The summed E-state index contributed by atoms with van der Waals surface area (Å²) in [5.74, 6) is -0.454. The summed E-state index contributed by atoms with van der Waals surface area (Å²) >= 11 is 1.28. The molecule has 3 nitrogen and oxygen atoms in total. The van der Waals surface area contributed by atoms with E-state index in [4.69, 9.17) is 0 Å². The van der Waals surface area contributed by atoms with E-state index >= 15 is 0 Å². The molecule has 0 spiro atoms. The molecule has 6 heteroatoms. The topological polar surface area (TPSA) is 38.0 Å². The molecule has 0 unspecified atom stereocenters. The van der Waals surface area contributed by atoms with Crippen molar-refractivity contribution >= 4 is 11.8 Å². The number of benzene rings is 1. The minimum atomic E-state index is -0.600. The Hall–Kier alpha value is -1.40. The lowest BCUT2D eigenvalue weighted by Gasteiger charge is -2.12. The summed E-state index contributed by atoms with van der Waals surface area (Å²) in [6.07, 6.45) is 0.881. The maximum absolute atomic E-state index is 13.4. The molecule has 0 aliphatic rings. The van der Waals surface area contributed by atoms with Crippen LogP contribution in [0.5, 0.6) is 0 Å². The van der Waals surface area contributed by atoms with Gasteiger partial charge in [0.25, 0.3) is 0 Å². The summed E-state index contributed by atoms with van der Waals surface area (Å²) in [7, 11) is 0. The largest absolute Gasteiger partial charge is 0.388 e. The lowest BCUT2D eigenvalue weighted by molar-refractivity contribution is 0.263. The molecule has 22 heavy (non-hydrogen) atoms. The van der Waals surface area contributed by atoms with Gasteiger partial charge >= 0.3 is 0 Å². The molecular formula is C16H20F2N2OS. The number of aliphatic hydroxyl groups is 1. The number of halogens is 2. The lowest BCUT2D eigenvalue weighted by Crippen LogP contribution is -2.04. The standard InChI is InChI=1S/C16H20F2N2OS/c1-4-5-20-14(9-21)19-15(10(2)3)16(20)22-13-7-11(17)6-12(18)8-13/h6-8,10,21H,4-5,9H2,1-3H3. The van der Waals surface area contributed by atoms with E-state index in [0.717, 1.165) is 23.2 Å². The van der Waals surface area contributed by atoms with Crippen LogP contribution in [-0.4, -0.2) is 14.7 Å². The third-order valence-corrected chi connectivity index (χ3v) is 4.31. The minimum absolute atomic E-state index is 0.155. The third kappa shape index (κ3) is 3.67. The van der Waals surface area contributed by atoms with Crippen molar-refractivity contribution in [3.63, 3.8) is 0 Å². The molecule has 120 valence electrons. The highest BCUT2D eigenvalue weighted by Gasteiger charge is 2.20. The lowest BCUT2D eigenvalue weighted by atomic mass is 10.1. The molecule has 0 amide bonds. The Bertz CT molecular complexity index is 636. The van der Waals surface area contributed by atoms with E-state index in [1.165, 1.54) is 23.9 Å². The van der Waals surface area contributed by atoms with E-state index in [-0.39, 0.29) is 12.5 Å². The predicted octanol–water partition coefficient (Wildman–Crippen LogP) is 4.34. The van der Waals surface area contributed by atoms with Gasteiger partial charge in [-0.1, -0.05) is 32.5 Å². The fourth-order valence-electron chi connectivity index (χ4n) is 2.26. The van der Waals surface area contributed by atoms with Gasteiger partial charge in [0.2, 0.25) is 0 Å². The van der Waals surface area contributed by atoms with Crippen LogP contribution in [0.2, 0.25) is 0 Å². The number of rotatable bonds is 6. The summed E-state index contributed by atoms with van der Waals surface area (Å²) in [4.78, 5) is 4.98. The van der Waals surface area contributed by atoms with Gasteiger partial charge in [0.15, 0.2) is 0 Å². The van der Waals surface area contributed by atoms with Crippen LogP contribution in [-0.2, 0) is 13.2 Å². The van der Waals surface area contributed by atoms with Gasteiger partial charge in [-0.2, -0.15) is 0 Å². The summed E-state index contributed by atoms with van der Waals surface area (Å²) in [5.41, 5.74) is 0.840. The first-order valence-electron chi connectivity index (χ1n) is 7.30. The maximum Gasteiger partial charge on any atom is 0.135 e. The fraction of sp³-hybridized carbons (Fsp3) is 0.438. The molecule has 0 fully saturated rings. The molecule has 0 aliphatic carbocycles. The van der Waals surface area contributed by atoms with E-state index in [1.54, 1.807) is 0 Å². The van der Waals surface area contributed by atoms with E-state index in [0.29, 0.717) is 17.3 Å². The van der Waals surface area contributed by atoms with Crippen molar-refractivity contribution in [2.45, 2.75) is 56.2 Å². The monoisotopic (exact) mass is 326 g/mol. The third-order valence-electron chi connectivity index (χ3n) is 3.21. The first kappa shape index (κ1) is 17.0. The van der Waals surface area contributed by atoms with Crippen LogP contribution in [0.4, 0.5) is 8.78 Å². The molecule has 1 aromatic heterocycles. The Morgan fingerprint density at radius 2 is 1.86 bits per heavy atom. The molecule has 0 aliphatic heterocycles. The van der Waals surface area contributed by atoms with Crippen LogP contribution in [0.3, 0.4) is 0 Å². The van der Waals surface area contributed by atoms with Crippen LogP contribution >= 0.6 is 11.8 Å². The van der Waals surface area contributed by atoms with Gasteiger partial charge in [0, 0.05) is 17.5 Å². The summed E-state index contributed by atoms with van der Waals surface area (Å²) in [6, 6.07) is 3.47. The molecule has 2 aromatic rings. The Kier molecular flexibility index (Phi) is 5.58. The molecule has 0 saturated heterocycles. The molecule has 2 rings (SSSR count). The van der Waals surface area contributed by atoms with Crippen molar-refractivity contribution < 1.29 is 13.9 Å². The molecule has 1 heterocycles. The zero-order valence-corrected chi connectivity index (χ0v) is 13.8. The van der Waals surface area contributed by atoms with E-state index in [1.807, 2.05) is 25.3 Å². The second-order valence-corrected chi connectivity index (χ2v) is 6.45. The van der Waals surface area contributed by atoms with Gasteiger partial charge in [0.05, 0.1) is 5.69 Å². The smallest absolute Gasteiger partial charge is 0.135 e.